The lowest BCUT2D eigenvalue weighted by atomic mass is 9.95. The summed E-state index contributed by atoms with van der Waals surface area (Å²) in [4.78, 5) is 44.6. The number of aliphatic hydroxyl groups is 1. The van der Waals surface area contributed by atoms with Gasteiger partial charge in [0.25, 0.3) is 5.91 Å². The normalized spacial score (nSPS) is 16.1. The number of amides is 1. The number of rotatable bonds is 5. The van der Waals surface area contributed by atoms with E-state index in [4.69, 9.17) is 27.9 Å². The van der Waals surface area contributed by atoms with Gasteiger partial charge in [-0.2, -0.15) is 0 Å². The Morgan fingerprint density at radius 1 is 1.22 bits per heavy atom. The summed E-state index contributed by atoms with van der Waals surface area (Å²) < 4.78 is 4.77. The highest BCUT2D eigenvalue weighted by Crippen LogP contribution is 2.45. The van der Waals surface area contributed by atoms with E-state index in [0.717, 1.165) is 11.3 Å². The molecule has 11 heteroatoms. The largest absolute Gasteiger partial charge is 0.503 e. The minimum absolute atomic E-state index is 0.108. The average molecular weight is 509 g/mol. The van der Waals surface area contributed by atoms with Gasteiger partial charge >= 0.3 is 5.97 Å². The summed E-state index contributed by atoms with van der Waals surface area (Å²) in [7, 11) is 1.24. The lowest BCUT2D eigenvalue weighted by Gasteiger charge is -2.24. The summed E-state index contributed by atoms with van der Waals surface area (Å²) in [5.41, 5.74) is 0.697. The van der Waals surface area contributed by atoms with Crippen molar-refractivity contribution in [1.29, 1.82) is 0 Å². The van der Waals surface area contributed by atoms with Crippen LogP contribution in [0, 0.1) is 6.92 Å². The van der Waals surface area contributed by atoms with Crippen molar-refractivity contribution >= 4 is 68.7 Å². The molecule has 32 heavy (non-hydrogen) atoms. The topological polar surface area (TPSA) is 96.8 Å². The number of thiophene rings is 1. The fraction of sp³-hybridized carbons (Fsp3) is 0.143. The number of ether oxygens (including phenoxy) is 1. The van der Waals surface area contributed by atoms with Crippen LogP contribution in [0.25, 0.3) is 0 Å². The van der Waals surface area contributed by atoms with Gasteiger partial charge in [-0.1, -0.05) is 46.7 Å². The molecule has 1 N–H and O–H groups in total. The van der Waals surface area contributed by atoms with Crippen LogP contribution in [0.4, 0.5) is 5.13 Å². The maximum Gasteiger partial charge on any atom is 0.350 e. The van der Waals surface area contributed by atoms with Crippen molar-refractivity contribution in [2.45, 2.75) is 13.0 Å². The fourth-order valence-electron chi connectivity index (χ4n) is 3.34. The summed E-state index contributed by atoms with van der Waals surface area (Å²) in [6.07, 6.45) is 0. The van der Waals surface area contributed by atoms with Crippen molar-refractivity contribution in [3.8, 4) is 0 Å². The monoisotopic (exact) mass is 508 g/mol. The number of ketones is 1. The van der Waals surface area contributed by atoms with Crippen LogP contribution in [0.2, 0.25) is 10.0 Å². The Bertz CT molecular complexity index is 1280. The highest BCUT2D eigenvalue weighted by molar-refractivity contribution is 7.17. The van der Waals surface area contributed by atoms with E-state index in [-0.39, 0.29) is 20.6 Å². The summed E-state index contributed by atoms with van der Waals surface area (Å²) in [5.74, 6) is -2.60. The SMILES string of the molecule is COC(=O)c1sc(N2C(=O)C(O)=C(C(=O)c3cccs3)[C@@H]2c2ccc(Cl)c(Cl)c2)nc1C. The van der Waals surface area contributed by atoms with E-state index in [2.05, 4.69) is 4.98 Å². The second-order valence-electron chi connectivity index (χ2n) is 6.72. The van der Waals surface area contributed by atoms with Gasteiger partial charge in [0, 0.05) is 0 Å². The molecule has 3 aromatic rings. The quantitative estimate of drug-likeness (QED) is 0.366. The molecular weight excluding hydrogens is 495 g/mol. The lowest BCUT2D eigenvalue weighted by Crippen LogP contribution is -2.31. The minimum atomic E-state index is -1.03. The molecule has 0 aliphatic carbocycles. The number of anilines is 1. The first-order valence-corrected chi connectivity index (χ1v) is 11.5. The summed E-state index contributed by atoms with van der Waals surface area (Å²) in [6, 6.07) is 6.96. The van der Waals surface area contributed by atoms with E-state index in [0.29, 0.717) is 21.2 Å². The third kappa shape index (κ3) is 3.71. The predicted octanol–water partition coefficient (Wildman–Crippen LogP) is 5.39. The Hall–Kier alpha value is -2.72. The Kier molecular flexibility index (Phi) is 6.09. The molecule has 0 radical (unpaired) electrons. The number of thiazole rings is 1. The number of aromatic nitrogens is 1. The number of benzene rings is 1. The first kappa shape index (κ1) is 22.5. The number of nitrogens with zero attached hydrogens (tertiary/aromatic N) is 2. The summed E-state index contributed by atoms with van der Waals surface area (Å²) in [6.45, 7) is 1.60. The number of hydrogen-bond donors (Lipinski definition) is 1. The Labute approximate surface area is 200 Å². The van der Waals surface area contributed by atoms with Gasteiger partial charge in [0.1, 0.15) is 4.88 Å². The third-order valence-corrected chi connectivity index (χ3v) is 7.56. The van der Waals surface area contributed by atoms with Crippen molar-refractivity contribution in [1.82, 2.24) is 4.98 Å². The molecule has 0 spiro atoms. The molecule has 2 aromatic heterocycles. The number of aliphatic hydroxyl groups excluding tert-OH is 1. The van der Waals surface area contributed by atoms with Gasteiger partial charge in [0.05, 0.1) is 39.3 Å². The van der Waals surface area contributed by atoms with E-state index < -0.39 is 29.5 Å². The van der Waals surface area contributed by atoms with E-state index in [1.807, 2.05) is 0 Å². The lowest BCUT2D eigenvalue weighted by molar-refractivity contribution is -0.117. The summed E-state index contributed by atoms with van der Waals surface area (Å²) >= 11 is 14.4. The number of esters is 1. The number of Topliss-reactive ketones (excluding diaryl/α,β-unsaturated/α-hetero) is 1. The van der Waals surface area contributed by atoms with Gasteiger partial charge in [0.2, 0.25) is 5.78 Å². The molecule has 1 aliphatic heterocycles. The van der Waals surface area contributed by atoms with Crippen molar-refractivity contribution in [3.05, 3.63) is 78.1 Å². The summed E-state index contributed by atoms with van der Waals surface area (Å²) in [5, 5.41) is 13.1. The number of hydrogen-bond acceptors (Lipinski definition) is 8. The van der Waals surface area contributed by atoms with Crippen LogP contribution in [-0.4, -0.2) is 34.9 Å². The second kappa shape index (κ2) is 8.67. The van der Waals surface area contributed by atoms with Crippen LogP contribution in [0.5, 0.6) is 0 Å². The number of methoxy groups -OCH3 is 1. The molecule has 1 aliphatic rings. The standard InChI is InChI=1S/C21H14Cl2N2O5S2/c1-9-18(20(29)30-2)32-21(24-9)25-15(10-5-6-11(22)12(23)8-10)14(17(27)19(25)28)16(26)13-4-3-7-31-13/h3-8,15,27H,1-2H3/t15-/m0/s1. The predicted molar refractivity (Wildman–Crippen MR) is 123 cm³/mol. The molecule has 0 saturated carbocycles. The van der Waals surface area contributed by atoms with Crippen LogP contribution in [0.15, 0.2) is 47.0 Å². The number of aryl methyl sites for hydroxylation is 1. The van der Waals surface area contributed by atoms with Crippen molar-refractivity contribution in [3.63, 3.8) is 0 Å². The van der Waals surface area contributed by atoms with Crippen molar-refractivity contribution in [2.75, 3.05) is 12.0 Å². The van der Waals surface area contributed by atoms with Crippen LogP contribution in [-0.2, 0) is 9.53 Å². The van der Waals surface area contributed by atoms with Crippen LogP contribution in [0.3, 0.4) is 0 Å². The molecule has 1 amide bonds. The first-order chi connectivity index (χ1) is 15.2. The smallest absolute Gasteiger partial charge is 0.350 e. The van der Waals surface area contributed by atoms with E-state index in [1.54, 1.807) is 30.5 Å². The van der Waals surface area contributed by atoms with Gasteiger partial charge in [-0.3, -0.25) is 14.5 Å². The molecule has 0 fully saturated rings. The number of carbonyl (C=O) groups is 3. The van der Waals surface area contributed by atoms with Gasteiger partial charge in [-0.15, -0.1) is 11.3 Å². The van der Waals surface area contributed by atoms with Gasteiger partial charge in [-0.05, 0) is 36.1 Å². The zero-order chi connectivity index (χ0) is 23.2. The molecule has 3 heterocycles. The molecular formula is C21H14Cl2N2O5S2. The third-order valence-electron chi connectivity index (χ3n) is 4.82. The zero-order valence-corrected chi connectivity index (χ0v) is 19.7. The van der Waals surface area contributed by atoms with Gasteiger partial charge in [0.15, 0.2) is 10.9 Å². The minimum Gasteiger partial charge on any atom is -0.503 e. The molecule has 164 valence electrons. The van der Waals surface area contributed by atoms with E-state index in [1.165, 1.54) is 35.5 Å². The highest BCUT2D eigenvalue weighted by atomic mass is 35.5. The van der Waals surface area contributed by atoms with Crippen molar-refractivity contribution in [2.24, 2.45) is 0 Å². The molecule has 7 nitrogen and oxygen atoms in total. The zero-order valence-electron chi connectivity index (χ0n) is 16.6. The van der Waals surface area contributed by atoms with Crippen LogP contribution in [0.1, 0.15) is 36.6 Å². The van der Waals surface area contributed by atoms with Gasteiger partial charge < -0.3 is 9.84 Å². The first-order valence-electron chi connectivity index (χ1n) is 9.10. The fourth-order valence-corrected chi connectivity index (χ4v) is 5.34. The Balaban J connectivity index is 1.90. The Morgan fingerprint density at radius 2 is 1.97 bits per heavy atom. The Morgan fingerprint density at radius 3 is 2.59 bits per heavy atom. The van der Waals surface area contributed by atoms with E-state index in [9.17, 15) is 19.5 Å². The average Bonchev–Trinajstić information content (AvgIpc) is 3.49. The maximum atomic E-state index is 13.3. The maximum absolute atomic E-state index is 13.3. The number of carbonyl (C=O) groups excluding carboxylic acids is 3. The van der Waals surface area contributed by atoms with Gasteiger partial charge in [-0.25, -0.2) is 9.78 Å². The molecule has 0 bridgehead atoms. The number of halogens is 2. The molecule has 0 saturated heterocycles. The van der Waals surface area contributed by atoms with Crippen molar-refractivity contribution < 1.29 is 24.2 Å². The van der Waals surface area contributed by atoms with Crippen LogP contribution >= 0.6 is 45.9 Å². The van der Waals surface area contributed by atoms with Crippen LogP contribution < -0.4 is 4.90 Å². The highest BCUT2D eigenvalue weighted by Gasteiger charge is 2.46. The second-order valence-corrected chi connectivity index (χ2v) is 9.46. The molecule has 1 aromatic carbocycles. The molecule has 4 rings (SSSR count). The molecule has 1 atom stereocenters. The van der Waals surface area contributed by atoms with E-state index >= 15 is 0 Å². The molecule has 0 unspecified atom stereocenters.